The fourth-order valence-corrected chi connectivity index (χ4v) is 4.18. The van der Waals surface area contributed by atoms with Gasteiger partial charge in [0.15, 0.2) is 6.34 Å². The van der Waals surface area contributed by atoms with Crippen LogP contribution in [0.15, 0.2) is 75.3 Å². The zero-order chi connectivity index (χ0) is 20.0. The number of quaternary nitrogens is 1. The summed E-state index contributed by atoms with van der Waals surface area (Å²) in [4.78, 5) is 22.1. The summed E-state index contributed by atoms with van der Waals surface area (Å²) < 4.78 is 5.79. The number of nitrogens with one attached hydrogen (secondary N) is 1. The van der Waals surface area contributed by atoms with Gasteiger partial charge >= 0.3 is 6.09 Å². The van der Waals surface area contributed by atoms with Crippen LogP contribution >= 0.6 is 11.8 Å². The molecule has 1 aliphatic rings. The van der Waals surface area contributed by atoms with E-state index in [0.717, 1.165) is 21.3 Å². The molecule has 2 aromatic rings. The number of benzene rings is 1. The predicted octanol–water partition coefficient (Wildman–Crippen LogP) is 4.37. The fraction of sp³-hybridized carbons (Fsp3) is 0.286. The summed E-state index contributed by atoms with van der Waals surface area (Å²) in [6.45, 7) is 4.94. The van der Waals surface area contributed by atoms with E-state index >= 15 is 0 Å². The van der Waals surface area contributed by atoms with Gasteiger partial charge in [-0.15, -0.1) is 0 Å². The molecular weight excluding hydrogens is 372 g/mol. The van der Waals surface area contributed by atoms with Crippen molar-refractivity contribution in [2.75, 3.05) is 13.8 Å². The summed E-state index contributed by atoms with van der Waals surface area (Å²) in [5.41, 5.74) is 1.91. The average Bonchev–Trinajstić information content (AvgIpc) is 3.06. The van der Waals surface area contributed by atoms with Gasteiger partial charge in [0.1, 0.15) is 12.2 Å². The van der Waals surface area contributed by atoms with Gasteiger partial charge in [0.05, 0.1) is 5.69 Å². The summed E-state index contributed by atoms with van der Waals surface area (Å²) >= 11 is 1.66. The van der Waals surface area contributed by atoms with Gasteiger partial charge < -0.3 is 10.1 Å². The first kappa shape index (κ1) is 20.1. The smallest absolute Gasteiger partial charge is 0.398 e. The van der Waals surface area contributed by atoms with Crippen LogP contribution in [0.25, 0.3) is 0 Å². The predicted molar refractivity (Wildman–Crippen MR) is 111 cm³/mol. The van der Waals surface area contributed by atoms with E-state index in [2.05, 4.69) is 36.3 Å². The van der Waals surface area contributed by atoms with Crippen LogP contribution in [0, 0.1) is 5.92 Å². The van der Waals surface area contributed by atoms with Crippen molar-refractivity contribution < 1.29 is 14.0 Å². The molecule has 2 heterocycles. The van der Waals surface area contributed by atoms with Crippen LogP contribution in [0.3, 0.4) is 0 Å². The number of carbonyl (C=O) groups excluding carboxylic acids is 1. The Morgan fingerprint density at radius 2 is 1.93 bits per heavy atom. The van der Waals surface area contributed by atoms with Crippen molar-refractivity contribution in [3.05, 3.63) is 71.1 Å². The second-order valence-corrected chi connectivity index (χ2v) is 7.89. The molecule has 1 atom stereocenters. The minimum absolute atomic E-state index is 0.144. The van der Waals surface area contributed by atoms with Gasteiger partial charge in [-0.05, 0) is 36.0 Å². The average molecular weight is 398 g/mol. The molecule has 1 unspecified atom stereocenters. The molecule has 0 spiro atoms. The van der Waals surface area contributed by atoms with Crippen molar-refractivity contribution in [1.82, 2.24) is 10.3 Å². The molecule has 3 rings (SSSR count). The van der Waals surface area contributed by atoms with Crippen LogP contribution in [0.4, 0.5) is 4.79 Å². The molecule has 1 aliphatic heterocycles. The number of hydrogen-bond acceptors (Lipinski definition) is 5. The molecule has 6 nitrogen and oxygen atoms in total. The third kappa shape index (κ3) is 4.61. The number of aliphatic imine (C=N–C) groups is 1. The number of rotatable bonds is 7. The van der Waals surface area contributed by atoms with Crippen LogP contribution in [0.1, 0.15) is 19.5 Å². The highest BCUT2D eigenvalue weighted by Gasteiger charge is 2.42. The molecule has 0 fully saturated rings. The van der Waals surface area contributed by atoms with Gasteiger partial charge in [0.25, 0.3) is 0 Å². The molecule has 0 saturated heterocycles. The Bertz CT molecular complexity index is 868. The lowest BCUT2D eigenvalue weighted by atomic mass is 10.1. The topological polar surface area (TPSA) is 63.6 Å². The number of allylic oxidation sites excluding steroid dienone is 1. The molecule has 0 radical (unpaired) electrons. The van der Waals surface area contributed by atoms with E-state index in [0.29, 0.717) is 6.54 Å². The van der Waals surface area contributed by atoms with Crippen molar-refractivity contribution in [3.63, 3.8) is 0 Å². The number of carbonyl (C=O) groups is 1. The third-order valence-electron chi connectivity index (χ3n) is 4.35. The van der Waals surface area contributed by atoms with E-state index in [1.165, 1.54) is 0 Å². The maximum atomic E-state index is 11.8. The van der Waals surface area contributed by atoms with E-state index in [4.69, 9.17) is 9.73 Å². The SMILES string of the molecule is CNC(=O)OC[N+]1(Cc2ccccn2)C=NC(C(C)C)=C1Sc1ccccc1. The van der Waals surface area contributed by atoms with Gasteiger partial charge in [-0.2, -0.15) is 0 Å². The highest BCUT2D eigenvalue weighted by atomic mass is 32.2. The van der Waals surface area contributed by atoms with E-state index < -0.39 is 6.09 Å². The van der Waals surface area contributed by atoms with Crippen LogP contribution < -0.4 is 5.32 Å². The number of amides is 1. The molecule has 0 bridgehead atoms. The molecule has 1 amide bonds. The second kappa shape index (κ2) is 9.03. The van der Waals surface area contributed by atoms with Crippen molar-refractivity contribution in [3.8, 4) is 0 Å². The summed E-state index contributed by atoms with van der Waals surface area (Å²) in [5, 5.41) is 3.57. The third-order valence-corrected chi connectivity index (χ3v) is 5.62. The quantitative estimate of drug-likeness (QED) is 0.705. The van der Waals surface area contributed by atoms with Crippen LogP contribution in [0.2, 0.25) is 0 Å². The molecule has 28 heavy (non-hydrogen) atoms. The first-order valence-corrected chi connectivity index (χ1v) is 10.00. The van der Waals surface area contributed by atoms with Gasteiger partial charge in [-0.25, -0.2) is 14.3 Å². The van der Waals surface area contributed by atoms with Crippen LogP contribution in [0.5, 0.6) is 0 Å². The molecule has 1 aromatic carbocycles. The Morgan fingerprint density at radius 3 is 2.57 bits per heavy atom. The number of alkyl carbamates (subject to hydrolysis) is 1. The first-order valence-electron chi connectivity index (χ1n) is 9.18. The van der Waals surface area contributed by atoms with Gasteiger partial charge in [0.2, 0.25) is 11.8 Å². The maximum Gasteiger partial charge on any atom is 0.411 e. The molecule has 0 saturated carbocycles. The van der Waals surface area contributed by atoms with Gasteiger partial charge in [-0.1, -0.05) is 38.1 Å². The van der Waals surface area contributed by atoms with Gasteiger partial charge in [-0.3, -0.25) is 4.98 Å². The molecule has 7 heteroatoms. The largest absolute Gasteiger partial charge is 0.411 e. The summed E-state index contributed by atoms with van der Waals surface area (Å²) in [5.74, 6) is 0.242. The van der Waals surface area contributed by atoms with E-state index in [9.17, 15) is 4.79 Å². The van der Waals surface area contributed by atoms with Crippen molar-refractivity contribution >= 4 is 24.2 Å². The second-order valence-electron chi connectivity index (χ2n) is 6.83. The van der Waals surface area contributed by atoms with Crippen molar-refractivity contribution in [2.24, 2.45) is 10.9 Å². The fourth-order valence-electron chi connectivity index (χ4n) is 2.92. The van der Waals surface area contributed by atoms with Crippen molar-refractivity contribution in [2.45, 2.75) is 25.3 Å². The Balaban J connectivity index is 2.01. The molecule has 1 N–H and O–H groups in total. The standard InChI is InChI=1S/C21H24N4O2S/c1-16(2)19-20(28-18-10-5-4-6-11-18)25(14-24-19,15-27-21(26)22-3)13-17-9-7-8-12-23-17/h4-12,14,16H,13,15H2,1-3H3/p+1. The Morgan fingerprint density at radius 1 is 1.18 bits per heavy atom. The highest BCUT2D eigenvalue weighted by Crippen LogP contribution is 2.42. The number of nitrogens with zero attached hydrogens (tertiary/aromatic N) is 3. The minimum atomic E-state index is -0.464. The summed E-state index contributed by atoms with van der Waals surface area (Å²) in [6.07, 6.45) is 3.18. The number of hydrogen-bond donors (Lipinski definition) is 1. The Kier molecular flexibility index (Phi) is 6.49. The lowest BCUT2D eigenvalue weighted by Crippen LogP contribution is -2.46. The number of thioether (sulfide) groups is 1. The highest BCUT2D eigenvalue weighted by molar-refractivity contribution is 8.02. The van der Waals surface area contributed by atoms with Crippen LogP contribution in [-0.4, -0.2) is 35.7 Å². The molecule has 1 aromatic heterocycles. The maximum absolute atomic E-state index is 11.8. The minimum Gasteiger partial charge on any atom is -0.398 e. The zero-order valence-corrected chi connectivity index (χ0v) is 17.1. The normalized spacial score (nSPS) is 18.6. The molecule has 0 aliphatic carbocycles. The van der Waals surface area contributed by atoms with Crippen LogP contribution in [-0.2, 0) is 11.3 Å². The lowest BCUT2D eigenvalue weighted by Gasteiger charge is -2.31. The monoisotopic (exact) mass is 397 g/mol. The summed E-state index contributed by atoms with van der Waals surface area (Å²) in [7, 11) is 1.55. The number of pyridine rings is 1. The Hall–Kier alpha value is -2.64. The van der Waals surface area contributed by atoms with E-state index in [1.54, 1.807) is 25.0 Å². The van der Waals surface area contributed by atoms with Gasteiger partial charge in [0, 0.05) is 24.1 Å². The summed E-state index contributed by atoms with van der Waals surface area (Å²) in [6, 6.07) is 16.0. The van der Waals surface area contributed by atoms with Crippen molar-refractivity contribution in [1.29, 1.82) is 0 Å². The first-order chi connectivity index (χ1) is 13.5. The van der Waals surface area contributed by atoms with E-state index in [1.807, 2.05) is 42.7 Å². The molecule has 146 valence electrons. The van der Waals surface area contributed by atoms with E-state index in [-0.39, 0.29) is 17.1 Å². The Labute approximate surface area is 169 Å². The zero-order valence-electron chi connectivity index (χ0n) is 16.3. The molecular formula is C21H25N4O2S+. The lowest BCUT2D eigenvalue weighted by molar-refractivity contribution is -0.820. The number of ether oxygens (including phenoxy) is 1. The number of aromatic nitrogens is 1.